The molecule has 0 radical (unpaired) electrons. The van der Waals surface area contributed by atoms with Gasteiger partial charge in [-0.25, -0.2) is 4.98 Å². The van der Waals surface area contributed by atoms with E-state index < -0.39 is 0 Å². The van der Waals surface area contributed by atoms with Crippen LogP contribution in [0, 0.1) is 11.3 Å². The van der Waals surface area contributed by atoms with Crippen LogP contribution in [0.5, 0.6) is 0 Å². The third-order valence-electron chi connectivity index (χ3n) is 1.96. The van der Waals surface area contributed by atoms with E-state index >= 15 is 0 Å². The highest BCUT2D eigenvalue weighted by Gasteiger charge is 2.06. The highest BCUT2D eigenvalue weighted by Crippen LogP contribution is 2.21. The van der Waals surface area contributed by atoms with Crippen LogP contribution in [-0.2, 0) is 7.05 Å². The van der Waals surface area contributed by atoms with Gasteiger partial charge in [-0.2, -0.15) is 5.26 Å². The summed E-state index contributed by atoms with van der Waals surface area (Å²) in [5.41, 5.74) is 1.54. The number of aromatic nitrogens is 2. The van der Waals surface area contributed by atoms with E-state index in [1.54, 1.807) is 18.5 Å². The van der Waals surface area contributed by atoms with Gasteiger partial charge in [0.15, 0.2) is 0 Å². The van der Waals surface area contributed by atoms with E-state index in [9.17, 15) is 0 Å². The lowest BCUT2D eigenvalue weighted by Gasteiger charge is -1.94. The molecule has 0 aliphatic rings. The summed E-state index contributed by atoms with van der Waals surface area (Å²) in [5.74, 6) is 0. The van der Waals surface area contributed by atoms with Crippen LogP contribution in [0.2, 0.25) is 5.15 Å². The first-order valence-electron chi connectivity index (χ1n) is 3.73. The molecule has 4 heteroatoms. The Kier molecular flexibility index (Phi) is 1.71. The number of aryl methyl sites for hydroxylation is 1. The maximum Gasteiger partial charge on any atom is 0.129 e. The average Bonchev–Trinajstić information content (AvgIpc) is 2.42. The van der Waals surface area contributed by atoms with Gasteiger partial charge in [0, 0.05) is 18.6 Å². The zero-order chi connectivity index (χ0) is 9.42. The first kappa shape index (κ1) is 8.09. The second kappa shape index (κ2) is 2.75. The number of nitriles is 1. The molecule has 0 saturated heterocycles. The van der Waals surface area contributed by atoms with E-state index in [2.05, 4.69) is 11.1 Å². The van der Waals surface area contributed by atoms with Crippen molar-refractivity contribution in [3.8, 4) is 6.07 Å². The molecule has 0 saturated carbocycles. The van der Waals surface area contributed by atoms with Gasteiger partial charge in [0.05, 0.1) is 17.3 Å². The summed E-state index contributed by atoms with van der Waals surface area (Å²) in [5, 5.41) is 10.1. The third kappa shape index (κ3) is 1.16. The van der Waals surface area contributed by atoms with Gasteiger partial charge < -0.3 is 4.57 Å². The molecule has 13 heavy (non-hydrogen) atoms. The second-order valence-electron chi connectivity index (χ2n) is 2.79. The highest BCUT2D eigenvalue weighted by atomic mass is 35.5. The monoisotopic (exact) mass is 191 g/mol. The molecule has 0 spiro atoms. The molecule has 2 rings (SSSR count). The first-order chi connectivity index (χ1) is 6.22. The zero-order valence-corrected chi connectivity index (χ0v) is 7.71. The molecular formula is C9H6ClN3. The van der Waals surface area contributed by atoms with Crippen molar-refractivity contribution in [2.45, 2.75) is 0 Å². The van der Waals surface area contributed by atoms with Crippen molar-refractivity contribution < 1.29 is 0 Å². The zero-order valence-electron chi connectivity index (χ0n) is 6.95. The van der Waals surface area contributed by atoms with Crippen molar-refractivity contribution in [3.05, 3.63) is 29.2 Å². The molecule has 2 aromatic heterocycles. The predicted octanol–water partition coefficient (Wildman–Crippen LogP) is 2.10. The van der Waals surface area contributed by atoms with Gasteiger partial charge in [-0.05, 0) is 6.07 Å². The number of fused-ring (bicyclic) bond motifs is 1. The molecule has 2 heterocycles. The SMILES string of the molecule is Cn1cc(C#N)c2cc(Cl)ncc21. The van der Waals surface area contributed by atoms with Crippen LogP contribution >= 0.6 is 11.6 Å². The molecule has 0 N–H and O–H groups in total. The first-order valence-corrected chi connectivity index (χ1v) is 4.11. The van der Waals surface area contributed by atoms with E-state index in [4.69, 9.17) is 16.9 Å². The van der Waals surface area contributed by atoms with Crippen molar-refractivity contribution in [2.75, 3.05) is 0 Å². The number of hydrogen-bond acceptors (Lipinski definition) is 2. The van der Waals surface area contributed by atoms with E-state index in [0.29, 0.717) is 10.7 Å². The Morgan fingerprint density at radius 3 is 3.08 bits per heavy atom. The minimum atomic E-state index is 0.412. The van der Waals surface area contributed by atoms with E-state index in [-0.39, 0.29) is 0 Å². The normalized spacial score (nSPS) is 10.2. The Balaban J connectivity index is 2.91. The topological polar surface area (TPSA) is 41.6 Å². The van der Waals surface area contributed by atoms with Gasteiger partial charge in [-0.3, -0.25) is 0 Å². The van der Waals surface area contributed by atoms with Crippen LogP contribution in [0.4, 0.5) is 0 Å². The largest absolute Gasteiger partial charge is 0.348 e. The molecule has 0 aliphatic heterocycles. The minimum absolute atomic E-state index is 0.412. The number of halogens is 1. The molecular weight excluding hydrogens is 186 g/mol. The summed E-state index contributed by atoms with van der Waals surface area (Å²) in [6, 6.07) is 3.81. The Bertz CT molecular complexity index is 507. The number of nitrogens with zero attached hydrogens (tertiary/aromatic N) is 3. The van der Waals surface area contributed by atoms with Crippen molar-refractivity contribution in [1.29, 1.82) is 5.26 Å². The van der Waals surface area contributed by atoms with E-state index in [0.717, 1.165) is 10.9 Å². The fourth-order valence-electron chi connectivity index (χ4n) is 1.34. The molecule has 2 aromatic rings. The van der Waals surface area contributed by atoms with Crippen LogP contribution in [0.1, 0.15) is 5.56 Å². The van der Waals surface area contributed by atoms with Crippen molar-refractivity contribution in [3.63, 3.8) is 0 Å². The minimum Gasteiger partial charge on any atom is -0.348 e. The Labute approximate surface area is 80.2 Å². The van der Waals surface area contributed by atoms with Crippen LogP contribution in [0.15, 0.2) is 18.5 Å². The molecule has 0 aromatic carbocycles. The molecule has 0 unspecified atom stereocenters. The molecule has 3 nitrogen and oxygen atoms in total. The molecule has 0 amide bonds. The van der Waals surface area contributed by atoms with Crippen LogP contribution in [0.25, 0.3) is 10.9 Å². The van der Waals surface area contributed by atoms with Gasteiger partial charge in [0.2, 0.25) is 0 Å². The lowest BCUT2D eigenvalue weighted by atomic mass is 10.2. The van der Waals surface area contributed by atoms with Gasteiger partial charge in [-0.1, -0.05) is 11.6 Å². The van der Waals surface area contributed by atoms with Gasteiger partial charge >= 0.3 is 0 Å². The summed E-state index contributed by atoms with van der Waals surface area (Å²) in [4.78, 5) is 3.95. The van der Waals surface area contributed by atoms with Crippen LogP contribution < -0.4 is 0 Å². The Hall–Kier alpha value is -1.53. The average molecular weight is 192 g/mol. The van der Waals surface area contributed by atoms with E-state index in [1.165, 1.54) is 0 Å². The second-order valence-corrected chi connectivity index (χ2v) is 3.18. The van der Waals surface area contributed by atoms with Gasteiger partial charge in [-0.15, -0.1) is 0 Å². The maximum absolute atomic E-state index is 8.81. The predicted molar refractivity (Wildman–Crippen MR) is 50.4 cm³/mol. The summed E-state index contributed by atoms with van der Waals surface area (Å²) in [6.45, 7) is 0. The number of pyridine rings is 1. The molecule has 0 fully saturated rings. The Morgan fingerprint density at radius 2 is 2.38 bits per heavy atom. The van der Waals surface area contributed by atoms with E-state index in [1.807, 2.05) is 11.6 Å². The standard InChI is InChI=1S/C9H6ClN3/c1-13-5-6(3-11)7-2-9(10)12-4-8(7)13/h2,4-5H,1H3. The van der Waals surface area contributed by atoms with Crippen molar-refractivity contribution in [2.24, 2.45) is 7.05 Å². The molecule has 0 atom stereocenters. The van der Waals surface area contributed by atoms with Crippen LogP contribution in [-0.4, -0.2) is 9.55 Å². The van der Waals surface area contributed by atoms with Crippen molar-refractivity contribution in [1.82, 2.24) is 9.55 Å². The number of rotatable bonds is 0. The fourth-order valence-corrected chi connectivity index (χ4v) is 1.50. The molecule has 64 valence electrons. The number of hydrogen-bond donors (Lipinski definition) is 0. The highest BCUT2D eigenvalue weighted by molar-refractivity contribution is 6.30. The quantitative estimate of drug-likeness (QED) is 0.599. The summed E-state index contributed by atoms with van der Waals surface area (Å²) in [6.07, 6.45) is 3.43. The van der Waals surface area contributed by atoms with Gasteiger partial charge in [0.1, 0.15) is 11.2 Å². The molecule has 0 aliphatic carbocycles. The third-order valence-corrected chi connectivity index (χ3v) is 2.17. The summed E-state index contributed by atoms with van der Waals surface area (Å²) in [7, 11) is 1.87. The van der Waals surface area contributed by atoms with Gasteiger partial charge in [0.25, 0.3) is 0 Å². The smallest absolute Gasteiger partial charge is 0.129 e. The fraction of sp³-hybridized carbons (Fsp3) is 0.111. The lowest BCUT2D eigenvalue weighted by Crippen LogP contribution is -1.84. The maximum atomic E-state index is 8.81. The van der Waals surface area contributed by atoms with Crippen LogP contribution in [0.3, 0.4) is 0 Å². The molecule has 0 bridgehead atoms. The Morgan fingerprint density at radius 1 is 1.62 bits per heavy atom. The van der Waals surface area contributed by atoms with Crippen molar-refractivity contribution >= 4 is 22.5 Å². The summed E-state index contributed by atoms with van der Waals surface area (Å²) < 4.78 is 1.86. The lowest BCUT2D eigenvalue weighted by molar-refractivity contribution is 0.963. The summed E-state index contributed by atoms with van der Waals surface area (Å²) >= 11 is 5.73.